The summed E-state index contributed by atoms with van der Waals surface area (Å²) in [6.07, 6.45) is 0. The molecule has 0 saturated heterocycles. The van der Waals surface area contributed by atoms with E-state index in [0.717, 1.165) is 11.4 Å². The molecular formula is C9H12NOP. The molecule has 0 aromatic rings. The number of hydrogen-bond acceptors (Lipinski definition) is 2. The van der Waals surface area contributed by atoms with Crippen LogP contribution >= 0.6 is 7.14 Å². The third-order valence-corrected chi connectivity index (χ3v) is 3.57. The molecule has 0 aromatic heterocycles. The fraction of sp³-hybridized carbons (Fsp3) is 0.333. The van der Waals surface area contributed by atoms with E-state index >= 15 is 0 Å². The molecular weight excluding hydrogens is 169 g/mol. The fourth-order valence-electron chi connectivity index (χ4n) is 1.23. The van der Waals surface area contributed by atoms with Gasteiger partial charge >= 0.3 is 0 Å². The molecule has 3 heteroatoms. The summed E-state index contributed by atoms with van der Waals surface area (Å²) in [5.74, 6) is 6.10. The van der Waals surface area contributed by atoms with Gasteiger partial charge in [0.25, 0.3) is 0 Å². The van der Waals surface area contributed by atoms with Crippen molar-refractivity contribution in [2.75, 3.05) is 0 Å². The second kappa shape index (κ2) is 3.21. The zero-order chi connectivity index (χ0) is 9.19. The van der Waals surface area contributed by atoms with E-state index in [9.17, 15) is 4.57 Å². The van der Waals surface area contributed by atoms with Crippen LogP contribution in [-0.2, 0) is 4.57 Å². The van der Waals surface area contributed by atoms with Gasteiger partial charge in [0, 0.05) is 23.0 Å². The summed E-state index contributed by atoms with van der Waals surface area (Å²) in [5, 5.41) is 3.07. The Morgan fingerprint density at radius 2 is 1.83 bits per heavy atom. The zero-order valence-electron chi connectivity index (χ0n) is 7.51. The van der Waals surface area contributed by atoms with Crippen LogP contribution in [0, 0.1) is 11.6 Å². The second-order valence-corrected chi connectivity index (χ2v) is 4.98. The molecule has 0 radical (unpaired) electrons. The molecule has 0 fully saturated rings. The van der Waals surface area contributed by atoms with Gasteiger partial charge in [-0.1, -0.05) is 5.92 Å². The number of allylic oxidation sites excluding steroid dienone is 2. The normalized spacial score (nSPS) is 19.6. The van der Waals surface area contributed by atoms with Crippen molar-refractivity contribution < 1.29 is 4.57 Å². The van der Waals surface area contributed by atoms with E-state index in [4.69, 9.17) is 0 Å². The maximum Gasteiger partial charge on any atom is 0.200 e. The molecule has 0 bridgehead atoms. The lowest BCUT2D eigenvalue weighted by atomic mass is 10.5. The maximum absolute atomic E-state index is 11.9. The Bertz CT molecular complexity index is 332. The maximum atomic E-state index is 11.9. The minimum atomic E-state index is -2.47. The SMILES string of the molecule is CC#CP1(=O)C=C(C)NC(C)=C1. The first-order valence-corrected chi connectivity index (χ1v) is 5.60. The van der Waals surface area contributed by atoms with Crippen molar-refractivity contribution in [3.05, 3.63) is 23.0 Å². The molecule has 0 spiro atoms. The van der Waals surface area contributed by atoms with Gasteiger partial charge in [-0.15, -0.1) is 0 Å². The van der Waals surface area contributed by atoms with Gasteiger partial charge < -0.3 is 9.88 Å². The molecule has 0 atom stereocenters. The van der Waals surface area contributed by atoms with E-state index in [1.165, 1.54) is 0 Å². The Morgan fingerprint density at radius 1 is 1.33 bits per heavy atom. The van der Waals surface area contributed by atoms with Gasteiger partial charge in [-0.25, -0.2) is 0 Å². The fourth-order valence-corrected chi connectivity index (χ4v) is 3.06. The summed E-state index contributed by atoms with van der Waals surface area (Å²) in [4.78, 5) is 0. The third-order valence-electron chi connectivity index (χ3n) is 1.45. The minimum absolute atomic E-state index is 0.918. The summed E-state index contributed by atoms with van der Waals surface area (Å²) in [5.41, 5.74) is 4.57. The van der Waals surface area contributed by atoms with Gasteiger partial charge in [0.15, 0.2) is 7.14 Å². The van der Waals surface area contributed by atoms with Crippen LogP contribution in [0.25, 0.3) is 0 Å². The average molecular weight is 181 g/mol. The first-order valence-electron chi connectivity index (χ1n) is 3.75. The van der Waals surface area contributed by atoms with Crippen LogP contribution in [0.4, 0.5) is 0 Å². The van der Waals surface area contributed by atoms with Crippen LogP contribution < -0.4 is 5.32 Å². The standard InChI is InChI=1S/C9H12NOP/c1-4-5-12(11)6-8(2)10-9(3)7-12/h6-7,10H,1-3H3. The van der Waals surface area contributed by atoms with Crippen molar-refractivity contribution in [1.82, 2.24) is 5.32 Å². The van der Waals surface area contributed by atoms with Gasteiger partial charge in [-0.05, 0) is 26.4 Å². The van der Waals surface area contributed by atoms with Crippen LogP contribution in [0.1, 0.15) is 20.8 Å². The largest absolute Gasteiger partial charge is 0.362 e. The van der Waals surface area contributed by atoms with Crippen LogP contribution in [0.3, 0.4) is 0 Å². The van der Waals surface area contributed by atoms with Crippen molar-refractivity contribution in [2.24, 2.45) is 0 Å². The quantitative estimate of drug-likeness (QED) is 0.459. The van der Waals surface area contributed by atoms with Gasteiger partial charge in [-0.3, -0.25) is 0 Å². The molecule has 0 unspecified atom stereocenters. The molecule has 0 amide bonds. The highest BCUT2D eigenvalue weighted by Gasteiger charge is 2.17. The second-order valence-electron chi connectivity index (χ2n) is 2.82. The molecule has 12 heavy (non-hydrogen) atoms. The first kappa shape index (κ1) is 9.16. The Morgan fingerprint density at radius 3 is 2.25 bits per heavy atom. The van der Waals surface area contributed by atoms with E-state index in [0.29, 0.717) is 0 Å². The predicted octanol–water partition coefficient (Wildman–Crippen LogP) is 2.66. The van der Waals surface area contributed by atoms with Gasteiger partial charge in [-0.2, -0.15) is 0 Å². The van der Waals surface area contributed by atoms with E-state index in [1.807, 2.05) is 13.8 Å². The molecule has 64 valence electrons. The van der Waals surface area contributed by atoms with Gasteiger partial charge in [0.05, 0.1) is 0 Å². The smallest absolute Gasteiger partial charge is 0.200 e. The zero-order valence-corrected chi connectivity index (χ0v) is 8.40. The third kappa shape index (κ3) is 2.03. The van der Waals surface area contributed by atoms with E-state index < -0.39 is 7.14 Å². The number of rotatable bonds is 0. The topological polar surface area (TPSA) is 29.1 Å². The van der Waals surface area contributed by atoms with E-state index in [-0.39, 0.29) is 0 Å². The molecule has 1 aliphatic rings. The molecule has 0 aliphatic carbocycles. The first-order chi connectivity index (χ1) is 5.56. The van der Waals surface area contributed by atoms with E-state index in [2.05, 4.69) is 16.9 Å². The highest BCUT2D eigenvalue weighted by molar-refractivity contribution is 7.75. The molecule has 1 aliphatic heterocycles. The van der Waals surface area contributed by atoms with Crippen molar-refractivity contribution in [2.45, 2.75) is 20.8 Å². The summed E-state index contributed by atoms with van der Waals surface area (Å²) in [7, 11) is -2.47. The Kier molecular flexibility index (Phi) is 2.45. The van der Waals surface area contributed by atoms with Crippen molar-refractivity contribution in [3.63, 3.8) is 0 Å². The Hall–Kier alpha value is -0.930. The lowest BCUT2D eigenvalue weighted by Crippen LogP contribution is -2.10. The number of hydrogen-bond donors (Lipinski definition) is 1. The lowest BCUT2D eigenvalue weighted by molar-refractivity contribution is 0.591. The molecule has 0 saturated carbocycles. The van der Waals surface area contributed by atoms with Crippen LogP contribution in [0.2, 0.25) is 0 Å². The summed E-state index contributed by atoms with van der Waals surface area (Å²) >= 11 is 0. The van der Waals surface area contributed by atoms with Gasteiger partial charge in [0.1, 0.15) is 0 Å². The van der Waals surface area contributed by atoms with Crippen molar-refractivity contribution >= 4 is 7.14 Å². The molecule has 2 nitrogen and oxygen atoms in total. The van der Waals surface area contributed by atoms with Crippen LogP contribution in [0.15, 0.2) is 23.0 Å². The Balaban J connectivity index is 3.11. The average Bonchev–Trinajstić information content (AvgIpc) is 1.82. The van der Waals surface area contributed by atoms with Crippen molar-refractivity contribution in [1.29, 1.82) is 0 Å². The number of nitrogens with one attached hydrogen (secondary N) is 1. The van der Waals surface area contributed by atoms with Crippen LogP contribution in [-0.4, -0.2) is 0 Å². The molecule has 1 heterocycles. The molecule has 1 rings (SSSR count). The van der Waals surface area contributed by atoms with Gasteiger partial charge in [0.2, 0.25) is 0 Å². The highest BCUT2D eigenvalue weighted by Crippen LogP contribution is 2.50. The Labute approximate surface area is 73.1 Å². The highest BCUT2D eigenvalue weighted by atomic mass is 31.2. The summed E-state index contributed by atoms with van der Waals surface area (Å²) in [6.45, 7) is 5.48. The monoisotopic (exact) mass is 181 g/mol. The molecule has 0 aromatic carbocycles. The summed E-state index contributed by atoms with van der Waals surface area (Å²) < 4.78 is 11.9. The summed E-state index contributed by atoms with van der Waals surface area (Å²) in [6, 6.07) is 0. The lowest BCUT2D eigenvalue weighted by Gasteiger charge is -2.15. The molecule has 1 N–H and O–H groups in total. The minimum Gasteiger partial charge on any atom is -0.362 e. The van der Waals surface area contributed by atoms with Crippen molar-refractivity contribution in [3.8, 4) is 11.6 Å². The van der Waals surface area contributed by atoms with E-state index in [1.54, 1.807) is 18.6 Å². The predicted molar refractivity (Wildman–Crippen MR) is 51.7 cm³/mol. The van der Waals surface area contributed by atoms with Crippen LogP contribution in [0.5, 0.6) is 0 Å².